The molecule has 0 aliphatic carbocycles. The molecule has 0 unspecified atom stereocenters. The van der Waals surface area contributed by atoms with Gasteiger partial charge in [-0.25, -0.2) is 0 Å². The number of carbonyl (C=O) groups excluding carboxylic acids is 1. The number of carbonyl (C=O) groups is 1. The molecular formula is C13H18N2O3. The van der Waals surface area contributed by atoms with Crippen LogP contribution in [-0.4, -0.2) is 48.8 Å². The predicted octanol–water partition coefficient (Wildman–Crippen LogP) is 0.341. The fourth-order valence-electron chi connectivity index (χ4n) is 1.85. The summed E-state index contributed by atoms with van der Waals surface area (Å²) in [4.78, 5) is 13.6. The molecule has 1 aliphatic rings. The third kappa shape index (κ3) is 3.72. The van der Waals surface area contributed by atoms with Crippen molar-refractivity contribution in [1.29, 1.82) is 0 Å². The molecule has 5 nitrogen and oxygen atoms in total. The molecular weight excluding hydrogens is 232 g/mol. The van der Waals surface area contributed by atoms with Crippen molar-refractivity contribution in [1.82, 2.24) is 10.2 Å². The molecule has 0 radical (unpaired) electrons. The number of rotatable bonds is 4. The van der Waals surface area contributed by atoms with Crippen molar-refractivity contribution in [2.45, 2.75) is 6.54 Å². The fourth-order valence-corrected chi connectivity index (χ4v) is 1.85. The zero-order valence-electron chi connectivity index (χ0n) is 10.3. The number of hydrogen-bond acceptors (Lipinski definition) is 4. The second kappa shape index (κ2) is 6.37. The van der Waals surface area contributed by atoms with Gasteiger partial charge in [0.1, 0.15) is 5.75 Å². The van der Waals surface area contributed by atoms with E-state index in [2.05, 4.69) is 5.32 Å². The average Bonchev–Trinajstić information content (AvgIpc) is 2.42. The van der Waals surface area contributed by atoms with E-state index in [-0.39, 0.29) is 11.7 Å². The Morgan fingerprint density at radius 1 is 1.28 bits per heavy atom. The minimum absolute atomic E-state index is 0.108. The zero-order chi connectivity index (χ0) is 12.8. The number of phenolic OH excluding ortho intramolecular Hbond substituents is 1. The lowest BCUT2D eigenvalue weighted by Gasteiger charge is -2.26. The fraction of sp³-hybridized carbons (Fsp3) is 0.462. The number of phenols is 1. The number of nitrogens with one attached hydrogen (secondary N) is 1. The van der Waals surface area contributed by atoms with Crippen LogP contribution in [0.3, 0.4) is 0 Å². The topological polar surface area (TPSA) is 61.8 Å². The highest BCUT2D eigenvalue weighted by Gasteiger charge is 2.15. The van der Waals surface area contributed by atoms with Crippen molar-refractivity contribution in [2.75, 3.05) is 32.8 Å². The summed E-state index contributed by atoms with van der Waals surface area (Å²) < 4.78 is 5.20. The van der Waals surface area contributed by atoms with Gasteiger partial charge in [0.25, 0.3) is 0 Å². The van der Waals surface area contributed by atoms with E-state index in [1.54, 1.807) is 12.1 Å². The Morgan fingerprint density at radius 3 is 2.61 bits per heavy atom. The third-order valence-corrected chi connectivity index (χ3v) is 2.91. The van der Waals surface area contributed by atoms with Gasteiger partial charge in [0.05, 0.1) is 19.8 Å². The first-order valence-electron chi connectivity index (χ1n) is 6.10. The van der Waals surface area contributed by atoms with Gasteiger partial charge in [-0.05, 0) is 17.7 Å². The molecule has 0 bridgehead atoms. The summed E-state index contributed by atoms with van der Waals surface area (Å²) in [5.41, 5.74) is 1.04. The van der Waals surface area contributed by atoms with Crippen molar-refractivity contribution in [2.24, 2.45) is 0 Å². The number of morpholine rings is 1. The van der Waals surface area contributed by atoms with Crippen LogP contribution in [0.15, 0.2) is 24.3 Å². The first-order valence-corrected chi connectivity index (χ1v) is 6.10. The third-order valence-electron chi connectivity index (χ3n) is 2.91. The molecule has 98 valence electrons. The van der Waals surface area contributed by atoms with Crippen molar-refractivity contribution in [3.63, 3.8) is 0 Å². The van der Waals surface area contributed by atoms with Gasteiger partial charge in [0.15, 0.2) is 0 Å². The Kier molecular flexibility index (Phi) is 4.55. The summed E-state index contributed by atoms with van der Waals surface area (Å²) in [6.07, 6.45) is 0. The molecule has 1 aromatic rings. The first kappa shape index (κ1) is 12.9. The molecule has 2 rings (SSSR count). The van der Waals surface area contributed by atoms with E-state index >= 15 is 0 Å². The highest BCUT2D eigenvalue weighted by Crippen LogP contribution is 2.09. The predicted molar refractivity (Wildman–Crippen MR) is 67.2 cm³/mol. The molecule has 1 amide bonds. The largest absolute Gasteiger partial charge is 0.508 e. The molecule has 18 heavy (non-hydrogen) atoms. The molecule has 5 heteroatoms. The lowest BCUT2D eigenvalue weighted by Crippen LogP contribution is -2.44. The van der Waals surface area contributed by atoms with E-state index in [0.29, 0.717) is 39.4 Å². The van der Waals surface area contributed by atoms with Crippen LogP contribution in [0.25, 0.3) is 0 Å². The summed E-state index contributed by atoms with van der Waals surface area (Å²) >= 11 is 0. The summed E-state index contributed by atoms with van der Waals surface area (Å²) in [7, 11) is 0. The molecule has 0 atom stereocenters. The van der Waals surface area contributed by atoms with Crippen LogP contribution < -0.4 is 5.32 Å². The monoisotopic (exact) mass is 250 g/mol. The van der Waals surface area contributed by atoms with E-state index in [4.69, 9.17) is 9.84 Å². The Labute approximate surface area is 106 Å². The SMILES string of the molecule is O=C(CNCc1ccc(O)cc1)N1CCOCC1. The second-order valence-electron chi connectivity index (χ2n) is 4.26. The Balaban J connectivity index is 1.71. The van der Waals surface area contributed by atoms with Crippen LogP contribution >= 0.6 is 0 Å². The van der Waals surface area contributed by atoms with Gasteiger partial charge in [0, 0.05) is 19.6 Å². The first-order chi connectivity index (χ1) is 8.75. The molecule has 1 fully saturated rings. The normalized spacial score (nSPS) is 15.7. The van der Waals surface area contributed by atoms with Gasteiger partial charge >= 0.3 is 0 Å². The quantitative estimate of drug-likeness (QED) is 0.809. The van der Waals surface area contributed by atoms with E-state index in [0.717, 1.165) is 5.56 Å². The standard InChI is InChI=1S/C13H18N2O3/c16-12-3-1-11(2-4-12)9-14-10-13(17)15-5-7-18-8-6-15/h1-4,14,16H,5-10H2. The molecule has 0 aromatic heterocycles. The van der Waals surface area contributed by atoms with Crippen LogP contribution in [0.5, 0.6) is 5.75 Å². The van der Waals surface area contributed by atoms with Crippen LogP contribution in [0.1, 0.15) is 5.56 Å². The van der Waals surface area contributed by atoms with E-state index in [1.807, 2.05) is 17.0 Å². The summed E-state index contributed by atoms with van der Waals surface area (Å²) in [6.45, 7) is 3.57. The Hall–Kier alpha value is -1.59. The van der Waals surface area contributed by atoms with Crippen LogP contribution in [-0.2, 0) is 16.1 Å². The van der Waals surface area contributed by atoms with Gasteiger partial charge in [-0.1, -0.05) is 12.1 Å². The van der Waals surface area contributed by atoms with Crippen LogP contribution in [0.4, 0.5) is 0 Å². The molecule has 1 saturated heterocycles. The number of hydrogen-bond donors (Lipinski definition) is 2. The lowest BCUT2D eigenvalue weighted by atomic mass is 10.2. The second-order valence-corrected chi connectivity index (χ2v) is 4.26. The van der Waals surface area contributed by atoms with E-state index < -0.39 is 0 Å². The highest BCUT2D eigenvalue weighted by atomic mass is 16.5. The maximum absolute atomic E-state index is 11.8. The minimum Gasteiger partial charge on any atom is -0.508 e. The van der Waals surface area contributed by atoms with Crippen molar-refractivity contribution in [3.8, 4) is 5.75 Å². The summed E-state index contributed by atoms with van der Waals surface area (Å²) in [5, 5.41) is 12.3. The number of ether oxygens (including phenoxy) is 1. The molecule has 0 spiro atoms. The van der Waals surface area contributed by atoms with E-state index in [9.17, 15) is 4.79 Å². The average molecular weight is 250 g/mol. The summed E-state index contributed by atoms with van der Waals surface area (Å²) in [6, 6.07) is 6.95. The van der Waals surface area contributed by atoms with Crippen molar-refractivity contribution < 1.29 is 14.6 Å². The maximum atomic E-state index is 11.8. The van der Waals surface area contributed by atoms with Crippen LogP contribution in [0.2, 0.25) is 0 Å². The van der Waals surface area contributed by atoms with Gasteiger partial charge in [-0.2, -0.15) is 0 Å². The van der Waals surface area contributed by atoms with E-state index in [1.165, 1.54) is 0 Å². The Morgan fingerprint density at radius 2 is 1.94 bits per heavy atom. The molecule has 1 heterocycles. The van der Waals surface area contributed by atoms with Crippen molar-refractivity contribution >= 4 is 5.91 Å². The molecule has 1 aliphatic heterocycles. The minimum atomic E-state index is 0.108. The van der Waals surface area contributed by atoms with Gasteiger partial charge in [-0.15, -0.1) is 0 Å². The molecule has 1 aromatic carbocycles. The number of nitrogens with zero attached hydrogens (tertiary/aromatic N) is 1. The number of aromatic hydroxyl groups is 1. The lowest BCUT2D eigenvalue weighted by molar-refractivity contribution is -0.134. The molecule has 0 saturated carbocycles. The maximum Gasteiger partial charge on any atom is 0.236 e. The Bertz CT molecular complexity index is 386. The highest BCUT2D eigenvalue weighted by molar-refractivity contribution is 5.78. The van der Waals surface area contributed by atoms with Crippen molar-refractivity contribution in [3.05, 3.63) is 29.8 Å². The van der Waals surface area contributed by atoms with Gasteiger partial charge < -0.3 is 20.1 Å². The summed E-state index contributed by atoms with van der Waals surface area (Å²) in [5.74, 6) is 0.361. The zero-order valence-corrected chi connectivity index (χ0v) is 10.3. The smallest absolute Gasteiger partial charge is 0.236 e. The van der Waals surface area contributed by atoms with Crippen LogP contribution in [0, 0.1) is 0 Å². The van der Waals surface area contributed by atoms with Gasteiger partial charge in [-0.3, -0.25) is 4.79 Å². The number of benzene rings is 1. The number of amides is 1. The van der Waals surface area contributed by atoms with Gasteiger partial charge in [0.2, 0.25) is 5.91 Å². The molecule has 2 N–H and O–H groups in total.